The van der Waals surface area contributed by atoms with E-state index in [9.17, 15) is 5.11 Å². The van der Waals surface area contributed by atoms with Gasteiger partial charge in [-0.15, -0.1) is 0 Å². The van der Waals surface area contributed by atoms with Crippen LogP contribution in [0.2, 0.25) is 0 Å². The van der Waals surface area contributed by atoms with Crippen molar-refractivity contribution in [3.8, 4) is 0 Å². The topological polar surface area (TPSA) is 70.1 Å². The van der Waals surface area contributed by atoms with Crippen LogP contribution in [0.15, 0.2) is 6.33 Å². The number of nitrogens with zero attached hydrogens (tertiary/aromatic N) is 2. The lowest BCUT2D eigenvalue weighted by atomic mass is 9.66. The van der Waals surface area contributed by atoms with Gasteiger partial charge in [-0.1, -0.05) is 19.3 Å². The van der Waals surface area contributed by atoms with E-state index in [1.807, 2.05) is 0 Å². The van der Waals surface area contributed by atoms with Crippen molar-refractivity contribution in [2.45, 2.75) is 64.0 Å². The molecular formula is C20H30N4O. The van der Waals surface area contributed by atoms with Gasteiger partial charge in [-0.25, -0.2) is 9.97 Å². The first-order valence-electron chi connectivity index (χ1n) is 10.2. The van der Waals surface area contributed by atoms with Crippen molar-refractivity contribution in [2.24, 2.45) is 23.2 Å². The molecule has 1 aromatic heterocycles. The molecule has 3 bridgehead atoms. The Kier molecular flexibility index (Phi) is 3.97. The average molecular weight is 342 g/mol. The minimum absolute atomic E-state index is 0.167. The lowest BCUT2D eigenvalue weighted by Crippen LogP contribution is -2.42. The summed E-state index contributed by atoms with van der Waals surface area (Å²) in [5.41, 5.74) is 2.50. The zero-order valence-electron chi connectivity index (χ0n) is 15.0. The fourth-order valence-corrected chi connectivity index (χ4v) is 6.47. The third-order valence-corrected chi connectivity index (χ3v) is 7.57. The van der Waals surface area contributed by atoms with Gasteiger partial charge in [0.2, 0.25) is 0 Å². The Labute approximate surface area is 150 Å². The highest BCUT2D eigenvalue weighted by atomic mass is 16.3. The molecule has 0 radical (unpaired) electrons. The van der Waals surface area contributed by atoms with Crippen LogP contribution in [-0.4, -0.2) is 34.3 Å². The summed E-state index contributed by atoms with van der Waals surface area (Å²) in [4.78, 5) is 8.86. The van der Waals surface area contributed by atoms with Gasteiger partial charge in [-0.3, -0.25) is 0 Å². The van der Waals surface area contributed by atoms with E-state index in [4.69, 9.17) is 0 Å². The fourth-order valence-electron chi connectivity index (χ4n) is 6.47. The van der Waals surface area contributed by atoms with Gasteiger partial charge in [0.05, 0.1) is 11.8 Å². The lowest BCUT2D eigenvalue weighted by Gasteiger charge is -2.41. The molecule has 3 aliphatic carbocycles. The minimum Gasteiger partial charge on any atom is -0.391 e. The number of anilines is 1. The summed E-state index contributed by atoms with van der Waals surface area (Å²) in [7, 11) is 0. The van der Waals surface area contributed by atoms with E-state index < -0.39 is 0 Å². The maximum absolute atomic E-state index is 11.2. The maximum Gasteiger partial charge on any atom is 0.133 e. The summed E-state index contributed by atoms with van der Waals surface area (Å²) < 4.78 is 0. The number of hydrogen-bond acceptors (Lipinski definition) is 5. The zero-order chi connectivity index (χ0) is 16.9. The largest absolute Gasteiger partial charge is 0.391 e. The molecule has 5 nitrogen and oxygen atoms in total. The van der Waals surface area contributed by atoms with Gasteiger partial charge in [0.25, 0.3) is 0 Å². The third-order valence-electron chi connectivity index (χ3n) is 7.57. The number of aromatic nitrogens is 2. The number of rotatable bonds is 4. The van der Waals surface area contributed by atoms with Crippen LogP contribution in [0.25, 0.3) is 0 Å². The van der Waals surface area contributed by atoms with Gasteiger partial charge in [0.1, 0.15) is 12.1 Å². The molecule has 1 aliphatic heterocycles. The van der Waals surface area contributed by atoms with Crippen molar-refractivity contribution in [3.05, 3.63) is 17.6 Å². The lowest BCUT2D eigenvalue weighted by molar-refractivity contribution is -0.00311. The summed E-state index contributed by atoms with van der Waals surface area (Å²) in [6.07, 6.45) is 11.7. The molecule has 2 heterocycles. The SMILES string of the molecule is OC(CNc1ncnc2c1CCNC2)C12CC3CCC[C@@H](C1)C(C3)C2. The summed E-state index contributed by atoms with van der Waals surface area (Å²) in [6.45, 7) is 2.43. The molecule has 3 saturated carbocycles. The quantitative estimate of drug-likeness (QED) is 0.784. The van der Waals surface area contributed by atoms with E-state index in [1.54, 1.807) is 6.33 Å². The number of nitrogens with one attached hydrogen (secondary N) is 2. The summed E-state index contributed by atoms with van der Waals surface area (Å²) in [5, 5.41) is 18.0. The fraction of sp³-hybridized carbons (Fsp3) is 0.800. The molecule has 136 valence electrons. The van der Waals surface area contributed by atoms with Gasteiger partial charge in [-0.05, 0) is 61.8 Å². The minimum atomic E-state index is -0.256. The second-order valence-electron chi connectivity index (χ2n) is 9.00. The Morgan fingerprint density at radius 2 is 2.16 bits per heavy atom. The van der Waals surface area contributed by atoms with Gasteiger partial charge < -0.3 is 15.7 Å². The standard InChI is InChI=1S/C20H30N4O/c25-18(11-22-19-16-4-5-21-10-17(16)23-12-24-19)20-7-13-2-1-3-14(8-20)15(6-13)9-20/h12-15,18,21,25H,1-11H2,(H,22,23,24)/t13?,14-,15?,18?,20?/m0/s1. The van der Waals surface area contributed by atoms with Gasteiger partial charge in [0, 0.05) is 18.7 Å². The molecule has 1 aromatic rings. The average Bonchev–Trinajstić information content (AvgIpc) is 2.81. The molecule has 0 aromatic carbocycles. The Hall–Kier alpha value is -1.20. The Morgan fingerprint density at radius 3 is 3.12 bits per heavy atom. The first-order valence-corrected chi connectivity index (χ1v) is 10.2. The van der Waals surface area contributed by atoms with E-state index in [1.165, 1.54) is 50.5 Å². The summed E-state index contributed by atoms with van der Waals surface area (Å²) in [6, 6.07) is 0. The number of aliphatic hydroxyl groups is 1. The van der Waals surface area contributed by atoms with Crippen molar-refractivity contribution >= 4 is 5.82 Å². The van der Waals surface area contributed by atoms with E-state index in [-0.39, 0.29) is 11.5 Å². The van der Waals surface area contributed by atoms with E-state index >= 15 is 0 Å². The van der Waals surface area contributed by atoms with Crippen LogP contribution in [0.1, 0.15) is 56.2 Å². The van der Waals surface area contributed by atoms with Crippen molar-refractivity contribution in [2.75, 3.05) is 18.4 Å². The molecule has 5 rings (SSSR count). The number of hydrogen-bond donors (Lipinski definition) is 3. The predicted octanol–water partition coefficient (Wildman–Crippen LogP) is 2.50. The van der Waals surface area contributed by atoms with Crippen molar-refractivity contribution in [3.63, 3.8) is 0 Å². The molecule has 0 saturated heterocycles. The summed E-state index contributed by atoms with van der Waals surface area (Å²) >= 11 is 0. The van der Waals surface area contributed by atoms with Crippen molar-refractivity contribution < 1.29 is 5.11 Å². The smallest absolute Gasteiger partial charge is 0.133 e. The van der Waals surface area contributed by atoms with E-state index in [0.29, 0.717) is 6.54 Å². The Morgan fingerprint density at radius 1 is 1.24 bits per heavy atom. The monoisotopic (exact) mass is 342 g/mol. The molecule has 0 spiro atoms. The van der Waals surface area contributed by atoms with Crippen LogP contribution in [0.4, 0.5) is 5.82 Å². The second-order valence-corrected chi connectivity index (χ2v) is 9.00. The molecule has 4 unspecified atom stereocenters. The Bertz CT molecular complexity index is 647. The highest BCUT2D eigenvalue weighted by molar-refractivity contribution is 5.47. The van der Waals surface area contributed by atoms with Crippen molar-refractivity contribution in [1.29, 1.82) is 0 Å². The second kappa shape index (κ2) is 6.20. The predicted molar refractivity (Wildman–Crippen MR) is 97.2 cm³/mol. The molecule has 4 aliphatic rings. The van der Waals surface area contributed by atoms with E-state index in [2.05, 4.69) is 20.6 Å². The molecule has 0 amide bonds. The maximum atomic E-state index is 11.2. The van der Waals surface area contributed by atoms with Crippen LogP contribution in [0, 0.1) is 23.2 Å². The molecule has 25 heavy (non-hydrogen) atoms. The third kappa shape index (κ3) is 2.76. The van der Waals surface area contributed by atoms with Crippen LogP contribution < -0.4 is 10.6 Å². The molecule has 3 fully saturated rings. The van der Waals surface area contributed by atoms with Crippen LogP contribution in [-0.2, 0) is 13.0 Å². The molecule has 3 N–H and O–H groups in total. The zero-order valence-corrected chi connectivity index (χ0v) is 15.0. The van der Waals surface area contributed by atoms with Crippen LogP contribution in [0.3, 0.4) is 0 Å². The van der Waals surface area contributed by atoms with E-state index in [0.717, 1.165) is 48.8 Å². The first kappa shape index (κ1) is 16.0. The molecular weight excluding hydrogens is 312 g/mol. The number of aliphatic hydroxyl groups excluding tert-OH is 1. The highest BCUT2D eigenvalue weighted by Crippen LogP contribution is 2.61. The normalized spacial score (nSPS) is 37.4. The van der Waals surface area contributed by atoms with Gasteiger partial charge >= 0.3 is 0 Å². The van der Waals surface area contributed by atoms with Crippen LogP contribution in [0.5, 0.6) is 0 Å². The summed E-state index contributed by atoms with van der Waals surface area (Å²) in [5.74, 6) is 3.56. The molecule has 5 atom stereocenters. The first-order chi connectivity index (χ1) is 12.2. The van der Waals surface area contributed by atoms with Gasteiger partial charge in [0.15, 0.2) is 0 Å². The Balaban J connectivity index is 1.31. The van der Waals surface area contributed by atoms with Crippen molar-refractivity contribution in [1.82, 2.24) is 15.3 Å². The highest BCUT2D eigenvalue weighted by Gasteiger charge is 2.54. The van der Waals surface area contributed by atoms with Gasteiger partial charge in [-0.2, -0.15) is 0 Å². The van der Waals surface area contributed by atoms with Crippen LogP contribution >= 0.6 is 0 Å². The number of fused-ring (bicyclic) bond motifs is 3. The molecule has 5 heteroatoms.